The highest BCUT2D eigenvalue weighted by atomic mass is 32.2. The lowest BCUT2D eigenvalue weighted by atomic mass is 10.3. The van der Waals surface area contributed by atoms with E-state index in [-0.39, 0.29) is 5.37 Å². The van der Waals surface area contributed by atoms with Crippen LogP contribution in [0.25, 0.3) is 0 Å². The van der Waals surface area contributed by atoms with Gasteiger partial charge in [0.1, 0.15) is 5.37 Å². The van der Waals surface area contributed by atoms with Gasteiger partial charge in [0, 0.05) is 26.2 Å². The van der Waals surface area contributed by atoms with Crippen LogP contribution in [0.3, 0.4) is 0 Å². The van der Waals surface area contributed by atoms with Gasteiger partial charge < -0.3 is 5.32 Å². The molecule has 1 N–H and O–H groups in total. The number of rotatable bonds is 1. The molecule has 13 heavy (non-hydrogen) atoms. The van der Waals surface area contributed by atoms with Crippen LogP contribution in [-0.2, 0) is 9.84 Å². The van der Waals surface area contributed by atoms with Gasteiger partial charge in [-0.2, -0.15) is 0 Å². The summed E-state index contributed by atoms with van der Waals surface area (Å²) in [5, 5.41) is 3.06. The van der Waals surface area contributed by atoms with E-state index >= 15 is 0 Å². The van der Waals surface area contributed by atoms with Gasteiger partial charge in [0.25, 0.3) is 0 Å². The molecule has 0 radical (unpaired) electrons. The number of piperazine rings is 1. The van der Waals surface area contributed by atoms with Gasteiger partial charge in [-0.3, -0.25) is 4.90 Å². The van der Waals surface area contributed by atoms with Gasteiger partial charge >= 0.3 is 0 Å². The molecule has 0 bridgehead atoms. The van der Waals surface area contributed by atoms with E-state index in [2.05, 4.69) is 10.2 Å². The summed E-state index contributed by atoms with van der Waals surface area (Å²) in [7, 11) is -2.79. The molecule has 0 spiro atoms. The van der Waals surface area contributed by atoms with Crippen LogP contribution in [0.4, 0.5) is 0 Å². The van der Waals surface area contributed by atoms with E-state index in [0.29, 0.717) is 5.75 Å². The molecule has 2 heterocycles. The Morgan fingerprint density at radius 3 is 2.46 bits per heavy atom. The van der Waals surface area contributed by atoms with Crippen LogP contribution in [0.1, 0.15) is 12.8 Å². The summed E-state index contributed by atoms with van der Waals surface area (Å²) in [6.45, 7) is 3.60. The molecule has 2 fully saturated rings. The Kier molecular flexibility index (Phi) is 2.58. The standard InChI is InChI=1S/C8H16N2O2S/c11-13(12)7-1-2-8(13)10-5-3-9-4-6-10/h8-9H,1-7H2. The summed E-state index contributed by atoms with van der Waals surface area (Å²) < 4.78 is 23.2. The molecule has 2 aliphatic heterocycles. The second-order valence-corrected chi connectivity index (χ2v) is 6.03. The number of nitrogens with one attached hydrogen (secondary N) is 1. The molecule has 0 aromatic heterocycles. The van der Waals surface area contributed by atoms with Crippen LogP contribution in [0, 0.1) is 0 Å². The van der Waals surface area contributed by atoms with Gasteiger partial charge in [0.05, 0.1) is 5.75 Å². The van der Waals surface area contributed by atoms with Crippen molar-refractivity contribution >= 4 is 9.84 Å². The smallest absolute Gasteiger partial charge is 0.166 e. The minimum atomic E-state index is -2.79. The second kappa shape index (κ2) is 3.55. The summed E-state index contributed by atoms with van der Waals surface area (Å²) >= 11 is 0. The van der Waals surface area contributed by atoms with E-state index in [1.807, 2.05) is 0 Å². The molecule has 1 atom stereocenters. The van der Waals surface area contributed by atoms with Gasteiger partial charge in [-0.15, -0.1) is 0 Å². The molecule has 0 aromatic carbocycles. The Morgan fingerprint density at radius 2 is 1.92 bits per heavy atom. The molecule has 1 unspecified atom stereocenters. The number of sulfone groups is 1. The summed E-state index contributed by atoms with van der Waals surface area (Å²) in [5.74, 6) is 0.390. The third-order valence-electron chi connectivity index (χ3n) is 2.85. The Labute approximate surface area is 79.2 Å². The first-order valence-electron chi connectivity index (χ1n) is 4.86. The zero-order valence-corrected chi connectivity index (χ0v) is 8.52. The van der Waals surface area contributed by atoms with Crippen molar-refractivity contribution < 1.29 is 8.42 Å². The van der Waals surface area contributed by atoms with Crippen molar-refractivity contribution in [3.05, 3.63) is 0 Å². The average Bonchev–Trinajstić information content (AvgIpc) is 2.47. The van der Waals surface area contributed by atoms with Gasteiger partial charge in [0.2, 0.25) is 0 Å². The van der Waals surface area contributed by atoms with Crippen LogP contribution < -0.4 is 5.32 Å². The summed E-state index contributed by atoms with van der Waals surface area (Å²) in [4.78, 5) is 2.11. The summed E-state index contributed by atoms with van der Waals surface area (Å²) in [6, 6.07) is 0. The molecular weight excluding hydrogens is 188 g/mol. The predicted octanol–water partition coefficient (Wildman–Crippen LogP) is -0.574. The molecule has 2 rings (SSSR count). The van der Waals surface area contributed by atoms with Crippen molar-refractivity contribution in [1.29, 1.82) is 0 Å². The third kappa shape index (κ3) is 1.87. The SMILES string of the molecule is O=S1(=O)CCCC1N1CCNCC1. The zero-order valence-electron chi connectivity index (χ0n) is 7.70. The predicted molar refractivity (Wildman–Crippen MR) is 51.3 cm³/mol. The summed E-state index contributed by atoms with van der Waals surface area (Å²) in [6.07, 6.45) is 1.68. The van der Waals surface area contributed by atoms with Gasteiger partial charge in [0.15, 0.2) is 9.84 Å². The Balaban J connectivity index is 2.07. The van der Waals surface area contributed by atoms with Crippen LogP contribution in [-0.4, -0.2) is 50.6 Å². The van der Waals surface area contributed by atoms with Crippen molar-refractivity contribution in [2.75, 3.05) is 31.9 Å². The van der Waals surface area contributed by atoms with E-state index in [9.17, 15) is 8.42 Å². The first-order chi connectivity index (χ1) is 6.20. The van der Waals surface area contributed by atoms with Crippen molar-refractivity contribution in [3.8, 4) is 0 Å². The molecular formula is C8H16N2O2S. The first kappa shape index (κ1) is 9.43. The number of nitrogens with zero attached hydrogens (tertiary/aromatic N) is 1. The van der Waals surface area contributed by atoms with Gasteiger partial charge in [-0.1, -0.05) is 0 Å². The van der Waals surface area contributed by atoms with E-state index in [1.54, 1.807) is 0 Å². The highest BCUT2D eigenvalue weighted by molar-refractivity contribution is 7.92. The lowest BCUT2D eigenvalue weighted by Gasteiger charge is -2.31. The van der Waals surface area contributed by atoms with Crippen molar-refractivity contribution in [2.24, 2.45) is 0 Å². The molecule has 0 aliphatic carbocycles. The molecule has 4 nitrogen and oxygen atoms in total. The lowest BCUT2D eigenvalue weighted by Crippen LogP contribution is -2.49. The highest BCUT2D eigenvalue weighted by Gasteiger charge is 2.36. The van der Waals surface area contributed by atoms with E-state index < -0.39 is 9.84 Å². The quantitative estimate of drug-likeness (QED) is 0.621. The zero-order chi connectivity index (χ0) is 9.31. The second-order valence-electron chi connectivity index (χ2n) is 3.75. The van der Waals surface area contributed by atoms with Gasteiger partial charge in [-0.25, -0.2) is 8.42 Å². The van der Waals surface area contributed by atoms with Crippen LogP contribution in [0.5, 0.6) is 0 Å². The van der Waals surface area contributed by atoms with E-state index in [0.717, 1.165) is 39.0 Å². The lowest BCUT2D eigenvalue weighted by molar-refractivity contribution is 0.216. The molecule has 0 saturated carbocycles. The molecule has 0 amide bonds. The van der Waals surface area contributed by atoms with Crippen LogP contribution in [0.15, 0.2) is 0 Å². The molecule has 76 valence electrons. The monoisotopic (exact) mass is 204 g/mol. The topological polar surface area (TPSA) is 49.4 Å². The molecule has 0 aromatic rings. The fraction of sp³-hybridized carbons (Fsp3) is 1.00. The molecule has 2 saturated heterocycles. The maximum Gasteiger partial charge on any atom is 0.166 e. The Hall–Kier alpha value is -0.130. The minimum absolute atomic E-state index is 0.172. The summed E-state index contributed by atoms with van der Waals surface area (Å²) in [5.41, 5.74) is 0. The average molecular weight is 204 g/mol. The number of hydrogen-bond donors (Lipinski definition) is 1. The molecule has 5 heteroatoms. The van der Waals surface area contributed by atoms with Crippen LogP contribution in [0.2, 0.25) is 0 Å². The first-order valence-corrected chi connectivity index (χ1v) is 6.58. The third-order valence-corrected chi connectivity index (χ3v) is 5.07. The maximum atomic E-state index is 11.6. The normalized spacial score (nSPS) is 34.9. The number of hydrogen-bond acceptors (Lipinski definition) is 4. The Morgan fingerprint density at radius 1 is 1.23 bits per heavy atom. The van der Waals surface area contributed by atoms with E-state index in [4.69, 9.17) is 0 Å². The van der Waals surface area contributed by atoms with Crippen molar-refractivity contribution in [1.82, 2.24) is 10.2 Å². The maximum absolute atomic E-state index is 11.6. The fourth-order valence-electron chi connectivity index (χ4n) is 2.15. The molecule has 2 aliphatic rings. The Bertz CT molecular complexity index is 270. The largest absolute Gasteiger partial charge is 0.314 e. The van der Waals surface area contributed by atoms with Crippen LogP contribution >= 0.6 is 0 Å². The van der Waals surface area contributed by atoms with E-state index in [1.165, 1.54) is 0 Å². The van der Waals surface area contributed by atoms with Crippen molar-refractivity contribution in [3.63, 3.8) is 0 Å². The highest BCUT2D eigenvalue weighted by Crippen LogP contribution is 2.23. The minimum Gasteiger partial charge on any atom is -0.314 e. The van der Waals surface area contributed by atoms with Crippen molar-refractivity contribution in [2.45, 2.75) is 18.2 Å². The van der Waals surface area contributed by atoms with Gasteiger partial charge in [-0.05, 0) is 12.8 Å². The fourth-order valence-corrected chi connectivity index (χ4v) is 4.19.